The van der Waals surface area contributed by atoms with E-state index in [0.29, 0.717) is 12.6 Å². The van der Waals surface area contributed by atoms with Crippen LogP contribution in [0.5, 0.6) is 0 Å². The van der Waals surface area contributed by atoms with Crippen molar-refractivity contribution in [1.82, 2.24) is 20.4 Å². The molecule has 8 nitrogen and oxygen atoms in total. The van der Waals surface area contributed by atoms with Crippen molar-refractivity contribution >= 4 is 11.7 Å². The predicted molar refractivity (Wildman–Crippen MR) is 62.9 cm³/mol. The lowest BCUT2D eigenvalue weighted by molar-refractivity contribution is -0.389. The summed E-state index contributed by atoms with van der Waals surface area (Å²) in [6, 6.07) is 1.60. The van der Waals surface area contributed by atoms with E-state index in [4.69, 9.17) is 0 Å². The molecule has 1 aliphatic rings. The quantitative estimate of drug-likeness (QED) is 0.552. The monoisotopic (exact) mass is 253 g/mol. The van der Waals surface area contributed by atoms with Gasteiger partial charge in [0.2, 0.25) is 5.91 Å². The van der Waals surface area contributed by atoms with Crippen LogP contribution in [0.3, 0.4) is 0 Å². The van der Waals surface area contributed by atoms with Gasteiger partial charge in [-0.15, -0.1) is 0 Å². The number of rotatable bonds is 5. The average Bonchev–Trinajstić information content (AvgIpc) is 2.96. The van der Waals surface area contributed by atoms with Crippen molar-refractivity contribution in [2.45, 2.75) is 25.4 Å². The van der Waals surface area contributed by atoms with E-state index in [1.165, 1.54) is 16.9 Å². The third-order valence-electron chi connectivity index (χ3n) is 2.83. The van der Waals surface area contributed by atoms with Crippen LogP contribution in [0, 0.1) is 10.1 Å². The zero-order chi connectivity index (χ0) is 13.0. The smallest absolute Gasteiger partial charge is 0.358 e. The molecule has 1 unspecified atom stereocenters. The maximum Gasteiger partial charge on any atom is 0.389 e. The molecule has 1 aliphatic heterocycles. The average molecular weight is 253 g/mol. The zero-order valence-corrected chi connectivity index (χ0v) is 9.83. The lowest BCUT2D eigenvalue weighted by atomic mass is 10.2. The van der Waals surface area contributed by atoms with Crippen LogP contribution in [0.1, 0.15) is 12.8 Å². The second-order valence-corrected chi connectivity index (χ2v) is 4.23. The predicted octanol–water partition coefficient (Wildman–Crippen LogP) is -0.341. The van der Waals surface area contributed by atoms with Gasteiger partial charge in [-0.05, 0) is 24.3 Å². The topological polar surface area (TPSA) is 102 Å². The first kappa shape index (κ1) is 12.5. The minimum absolute atomic E-state index is 0.000556. The second kappa shape index (κ2) is 5.58. The Hall–Kier alpha value is -1.96. The SMILES string of the molecule is O=C(Cn1ccc([N+](=O)[O-])n1)NCC1CCCN1. The molecule has 18 heavy (non-hydrogen) atoms. The molecular formula is C10H15N5O3. The Labute approximate surface area is 104 Å². The summed E-state index contributed by atoms with van der Waals surface area (Å²) in [7, 11) is 0. The highest BCUT2D eigenvalue weighted by Gasteiger charge is 2.16. The second-order valence-electron chi connectivity index (χ2n) is 4.23. The Balaban J connectivity index is 1.77. The van der Waals surface area contributed by atoms with Gasteiger partial charge in [0, 0.05) is 12.6 Å². The van der Waals surface area contributed by atoms with Crippen LogP contribution in [0.2, 0.25) is 0 Å². The van der Waals surface area contributed by atoms with E-state index in [0.717, 1.165) is 19.4 Å². The molecule has 1 amide bonds. The Morgan fingerprint density at radius 3 is 3.17 bits per heavy atom. The molecule has 1 aromatic rings. The van der Waals surface area contributed by atoms with Gasteiger partial charge in [0.25, 0.3) is 0 Å². The van der Waals surface area contributed by atoms with Gasteiger partial charge in [-0.1, -0.05) is 0 Å². The highest BCUT2D eigenvalue weighted by atomic mass is 16.6. The summed E-state index contributed by atoms with van der Waals surface area (Å²) < 4.78 is 1.26. The van der Waals surface area contributed by atoms with E-state index in [1.54, 1.807) is 0 Å². The molecule has 0 saturated carbocycles. The third kappa shape index (κ3) is 3.27. The molecule has 98 valence electrons. The molecule has 1 fully saturated rings. The Morgan fingerprint density at radius 2 is 2.56 bits per heavy atom. The van der Waals surface area contributed by atoms with Gasteiger partial charge in [0.1, 0.15) is 6.54 Å². The van der Waals surface area contributed by atoms with Crippen LogP contribution in [-0.4, -0.2) is 39.7 Å². The molecule has 1 aromatic heterocycles. The Kier molecular flexibility index (Phi) is 3.88. The molecule has 0 aliphatic carbocycles. The number of nitrogens with zero attached hydrogens (tertiary/aromatic N) is 3. The van der Waals surface area contributed by atoms with Gasteiger partial charge < -0.3 is 20.7 Å². The van der Waals surface area contributed by atoms with E-state index in [-0.39, 0.29) is 18.3 Å². The van der Waals surface area contributed by atoms with Crippen LogP contribution < -0.4 is 10.6 Å². The fourth-order valence-electron chi connectivity index (χ4n) is 1.91. The van der Waals surface area contributed by atoms with E-state index >= 15 is 0 Å². The molecule has 1 atom stereocenters. The molecule has 1 saturated heterocycles. The molecule has 2 heterocycles. The summed E-state index contributed by atoms with van der Waals surface area (Å²) in [5.74, 6) is -0.443. The van der Waals surface area contributed by atoms with E-state index in [1.807, 2.05) is 0 Å². The van der Waals surface area contributed by atoms with E-state index in [9.17, 15) is 14.9 Å². The number of nitro groups is 1. The molecular weight excluding hydrogens is 238 g/mol. The van der Waals surface area contributed by atoms with Crippen molar-refractivity contribution in [3.8, 4) is 0 Å². The summed E-state index contributed by atoms with van der Waals surface area (Å²) in [4.78, 5) is 21.4. The highest BCUT2D eigenvalue weighted by molar-refractivity contribution is 5.75. The molecule has 0 radical (unpaired) electrons. The number of amides is 1. The van der Waals surface area contributed by atoms with Crippen LogP contribution in [0.4, 0.5) is 5.82 Å². The van der Waals surface area contributed by atoms with Crippen molar-refractivity contribution in [1.29, 1.82) is 0 Å². The van der Waals surface area contributed by atoms with Crippen LogP contribution in [-0.2, 0) is 11.3 Å². The molecule has 0 bridgehead atoms. The normalized spacial score (nSPS) is 18.8. The Bertz CT molecular complexity index is 438. The first-order valence-corrected chi connectivity index (χ1v) is 5.83. The first-order chi connectivity index (χ1) is 8.65. The van der Waals surface area contributed by atoms with Crippen LogP contribution >= 0.6 is 0 Å². The lowest BCUT2D eigenvalue weighted by Crippen LogP contribution is -2.38. The van der Waals surface area contributed by atoms with E-state index < -0.39 is 4.92 Å². The maximum atomic E-state index is 11.6. The molecule has 0 aromatic carbocycles. The Morgan fingerprint density at radius 1 is 1.72 bits per heavy atom. The first-order valence-electron chi connectivity index (χ1n) is 5.83. The minimum atomic E-state index is -0.586. The van der Waals surface area contributed by atoms with Crippen molar-refractivity contribution in [3.63, 3.8) is 0 Å². The van der Waals surface area contributed by atoms with Gasteiger partial charge in [-0.3, -0.25) is 4.79 Å². The molecule has 0 spiro atoms. The van der Waals surface area contributed by atoms with Gasteiger partial charge >= 0.3 is 5.82 Å². The molecule has 8 heteroatoms. The van der Waals surface area contributed by atoms with Crippen molar-refractivity contribution in [3.05, 3.63) is 22.4 Å². The summed E-state index contributed by atoms with van der Waals surface area (Å²) in [6.07, 6.45) is 3.62. The van der Waals surface area contributed by atoms with E-state index in [2.05, 4.69) is 15.7 Å². The van der Waals surface area contributed by atoms with Gasteiger partial charge in [0.05, 0.1) is 17.4 Å². The molecule has 2 N–H and O–H groups in total. The zero-order valence-electron chi connectivity index (χ0n) is 9.83. The van der Waals surface area contributed by atoms with Crippen LogP contribution in [0.25, 0.3) is 0 Å². The van der Waals surface area contributed by atoms with Crippen LogP contribution in [0.15, 0.2) is 12.3 Å². The largest absolute Gasteiger partial charge is 0.389 e. The number of carbonyl (C=O) groups excluding carboxylic acids is 1. The van der Waals surface area contributed by atoms with Crippen molar-refractivity contribution in [2.24, 2.45) is 0 Å². The lowest BCUT2D eigenvalue weighted by Gasteiger charge is -2.10. The van der Waals surface area contributed by atoms with Crippen molar-refractivity contribution in [2.75, 3.05) is 13.1 Å². The standard InChI is InChI=1S/C10H15N5O3/c16-10(12-6-8-2-1-4-11-8)7-14-5-3-9(13-14)15(17)18/h3,5,8,11H,1-2,4,6-7H2,(H,12,16). The summed E-state index contributed by atoms with van der Waals surface area (Å²) >= 11 is 0. The molecule has 2 rings (SSSR count). The number of nitrogens with one attached hydrogen (secondary N) is 2. The van der Waals surface area contributed by atoms with Crippen molar-refractivity contribution < 1.29 is 9.72 Å². The number of carbonyl (C=O) groups is 1. The van der Waals surface area contributed by atoms with Gasteiger partial charge in [-0.25, -0.2) is 0 Å². The summed E-state index contributed by atoms with van der Waals surface area (Å²) in [5, 5.41) is 20.1. The van der Waals surface area contributed by atoms with Gasteiger partial charge in [0.15, 0.2) is 0 Å². The summed E-state index contributed by atoms with van der Waals surface area (Å²) in [5.41, 5.74) is 0. The van der Waals surface area contributed by atoms with Gasteiger partial charge in [-0.2, -0.15) is 4.68 Å². The third-order valence-corrected chi connectivity index (χ3v) is 2.83. The number of hydrogen-bond donors (Lipinski definition) is 2. The fourth-order valence-corrected chi connectivity index (χ4v) is 1.91. The minimum Gasteiger partial charge on any atom is -0.358 e. The summed E-state index contributed by atoms with van der Waals surface area (Å²) in [6.45, 7) is 1.58. The fraction of sp³-hybridized carbons (Fsp3) is 0.600. The number of aromatic nitrogens is 2. The maximum absolute atomic E-state index is 11.6. The highest BCUT2D eigenvalue weighted by Crippen LogP contribution is 2.05. The number of hydrogen-bond acceptors (Lipinski definition) is 5.